The normalized spacial score (nSPS) is 12.1. The number of carbonyl (C=O) groups excluding carboxylic acids is 2. The molecule has 4 rings (SSSR count). The van der Waals surface area contributed by atoms with Crippen LogP contribution < -0.4 is 4.80 Å². The summed E-state index contributed by atoms with van der Waals surface area (Å²) in [5.41, 5.74) is 1.56. The van der Waals surface area contributed by atoms with Gasteiger partial charge >= 0.3 is 5.97 Å². The fourth-order valence-corrected chi connectivity index (χ4v) is 4.64. The van der Waals surface area contributed by atoms with Crippen LogP contribution in [0, 0.1) is 0 Å². The molecule has 0 saturated heterocycles. The molecule has 0 spiro atoms. The summed E-state index contributed by atoms with van der Waals surface area (Å²) in [4.78, 5) is 29.5. The van der Waals surface area contributed by atoms with Crippen molar-refractivity contribution < 1.29 is 14.3 Å². The molecule has 31 heavy (non-hydrogen) atoms. The minimum Gasteiger partial charge on any atom is -0.465 e. The van der Waals surface area contributed by atoms with Gasteiger partial charge in [-0.25, -0.2) is 0 Å². The van der Waals surface area contributed by atoms with E-state index >= 15 is 0 Å². The Morgan fingerprint density at radius 3 is 2.68 bits per heavy atom. The molecule has 3 aromatic carbocycles. The van der Waals surface area contributed by atoms with Crippen LogP contribution in [-0.2, 0) is 20.9 Å². The fraction of sp³-hybridized carbons (Fsp3) is 0.125. The van der Waals surface area contributed by atoms with Crippen LogP contribution in [-0.4, -0.2) is 23.1 Å². The average Bonchev–Trinajstić information content (AvgIpc) is 3.10. The van der Waals surface area contributed by atoms with Crippen molar-refractivity contribution in [3.8, 4) is 0 Å². The lowest BCUT2D eigenvalue weighted by Crippen LogP contribution is -2.22. The number of esters is 1. The van der Waals surface area contributed by atoms with Crippen LogP contribution in [0.4, 0.5) is 0 Å². The Kier molecular flexibility index (Phi) is 6.30. The van der Waals surface area contributed by atoms with E-state index in [9.17, 15) is 9.59 Å². The number of hydrogen-bond acceptors (Lipinski definition) is 4. The Labute approximate surface area is 187 Å². The number of rotatable bonds is 5. The van der Waals surface area contributed by atoms with Gasteiger partial charge in [0.25, 0.3) is 5.91 Å². The Balaban J connectivity index is 1.81. The molecule has 0 saturated carbocycles. The summed E-state index contributed by atoms with van der Waals surface area (Å²) in [5.74, 6) is -0.816. The monoisotopic (exact) mass is 450 g/mol. The molecule has 0 aliphatic rings. The Morgan fingerprint density at radius 2 is 1.87 bits per heavy atom. The lowest BCUT2D eigenvalue weighted by atomic mass is 10.1. The van der Waals surface area contributed by atoms with E-state index in [0.29, 0.717) is 9.82 Å². The molecule has 1 heterocycles. The number of thiazole rings is 1. The van der Waals surface area contributed by atoms with Gasteiger partial charge in [-0.05, 0) is 36.1 Å². The van der Waals surface area contributed by atoms with Crippen LogP contribution in [0.25, 0.3) is 27.1 Å². The van der Waals surface area contributed by atoms with Crippen LogP contribution in [0.2, 0.25) is 5.02 Å². The largest absolute Gasteiger partial charge is 0.465 e. The molecule has 0 radical (unpaired) electrons. The van der Waals surface area contributed by atoms with E-state index in [-0.39, 0.29) is 19.1 Å². The van der Waals surface area contributed by atoms with Crippen molar-refractivity contribution >= 4 is 61.9 Å². The van der Waals surface area contributed by atoms with E-state index in [1.165, 1.54) is 17.4 Å². The number of aromatic nitrogens is 1. The standard InChI is InChI=1S/C24H19ClN2O3S/c1-2-30-22(29)15-27-20-13-11-16-7-3-5-9-18(16)23(20)31-24(27)26-21(28)14-12-17-8-4-6-10-19(17)25/h3-14H,2,15H2,1H3/b14-12+,26-24?. The predicted molar refractivity (Wildman–Crippen MR) is 125 cm³/mol. The number of carbonyl (C=O) groups is 2. The zero-order valence-corrected chi connectivity index (χ0v) is 18.3. The maximum absolute atomic E-state index is 12.6. The van der Waals surface area contributed by atoms with Gasteiger partial charge in [0.2, 0.25) is 0 Å². The van der Waals surface area contributed by atoms with Crippen molar-refractivity contribution in [2.75, 3.05) is 6.61 Å². The predicted octanol–water partition coefficient (Wildman–Crippen LogP) is 5.21. The topological polar surface area (TPSA) is 60.7 Å². The summed E-state index contributed by atoms with van der Waals surface area (Å²) in [6.45, 7) is 2.03. The smallest absolute Gasteiger partial charge is 0.326 e. The summed E-state index contributed by atoms with van der Waals surface area (Å²) in [6.07, 6.45) is 3.00. The molecule has 0 fully saturated rings. The molecule has 0 unspecified atom stereocenters. The Bertz CT molecular complexity index is 1380. The number of ether oxygens (including phenoxy) is 1. The maximum Gasteiger partial charge on any atom is 0.326 e. The van der Waals surface area contributed by atoms with Crippen molar-refractivity contribution in [2.45, 2.75) is 13.5 Å². The highest BCUT2D eigenvalue weighted by atomic mass is 35.5. The highest BCUT2D eigenvalue weighted by Gasteiger charge is 2.13. The molecule has 1 aromatic heterocycles. The molecule has 0 N–H and O–H groups in total. The number of nitrogens with zero attached hydrogens (tertiary/aromatic N) is 2. The highest BCUT2D eigenvalue weighted by Crippen LogP contribution is 2.27. The van der Waals surface area contributed by atoms with Gasteiger partial charge in [-0.1, -0.05) is 71.5 Å². The second kappa shape index (κ2) is 9.29. The SMILES string of the molecule is CCOC(=O)Cn1c(=NC(=O)/C=C/c2ccccc2Cl)sc2c3ccccc3ccc21. The van der Waals surface area contributed by atoms with Crippen molar-refractivity contribution in [1.29, 1.82) is 0 Å². The Hall–Kier alpha value is -3.22. The first-order valence-corrected chi connectivity index (χ1v) is 10.9. The van der Waals surface area contributed by atoms with Gasteiger partial charge in [0.15, 0.2) is 4.80 Å². The molecule has 1 amide bonds. The molecule has 0 aliphatic carbocycles. The van der Waals surface area contributed by atoms with E-state index in [2.05, 4.69) is 4.99 Å². The summed E-state index contributed by atoms with van der Waals surface area (Å²) >= 11 is 7.52. The van der Waals surface area contributed by atoms with Gasteiger partial charge in [-0.2, -0.15) is 4.99 Å². The number of hydrogen-bond donors (Lipinski definition) is 0. The molecule has 4 aromatic rings. The van der Waals surface area contributed by atoms with Crippen molar-refractivity contribution in [3.63, 3.8) is 0 Å². The first-order chi connectivity index (χ1) is 15.1. The van der Waals surface area contributed by atoms with Gasteiger partial charge in [-0.3, -0.25) is 9.59 Å². The quantitative estimate of drug-likeness (QED) is 0.309. The fourth-order valence-electron chi connectivity index (χ4n) is 3.28. The number of amides is 1. The zero-order valence-electron chi connectivity index (χ0n) is 16.7. The van der Waals surface area contributed by atoms with Crippen molar-refractivity contribution in [1.82, 2.24) is 4.57 Å². The molecule has 5 nitrogen and oxygen atoms in total. The third-order valence-electron chi connectivity index (χ3n) is 4.68. The highest BCUT2D eigenvalue weighted by molar-refractivity contribution is 7.17. The molecule has 0 atom stereocenters. The van der Waals surface area contributed by atoms with Crippen LogP contribution >= 0.6 is 22.9 Å². The van der Waals surface area contributed by atoms with E-state index in [0.717, 1.165) is 26.6 Å². The van der Waals surface area contributed by atoms with Crippen molar-refractivity contribution in [3.05, 3.63) is 82.1 Å². The lowest BCUT2D eigenvalue weighted by molar-refractivity contribution is -0.143. The molecule has 0 aliphatic heterocycles. The third kappa shape index (κ3) is 4.60. The minimum atomic E-state index is -0.437. The summed E-state index contributed by atoms with van der Waals surface area (Å²) in [5, 5.41) is 2.68. The van der Waals surface area contributed by atoms with Crippen LogP contribution in [0.15, 0.2) is 71.7 Å². The van der Waals surface area contributed by atoms with Gasteiger partial charge in [0.1, 0.15) is 6.54 Å². The van der Waals surface area contributed by atoms with Gasteiger partial charge < -0.3 is 9.30 Å². The van der Waals surface area contributed by atoms with Gasteiger partial charge in [-0.15, -0.1) is 0 Å². The second-order valence-electron chi connectivity index (χ2n) is 6.72. The van der Waals surface area contributed by atoms with E-state index in [1.807, 2.05) is 54.6 Å². The van der Waals surface area contributed by atoms with Gasteiger partial charge in [0.05, 0.1) is 16.8 Å². The first kappa shape index (κ1) is 21.0. The van der Waals surface area contributed by atoms with E-state index < -0.39 is 5.91 Å². The molecular formula is C24H19ClN2O3S. The summed E-state index contributed by atoms with van der Waals surface area (Å²) < 4.78 is 7.81. The summed E-state index contributed by atoms with van der Waals surface area (Å²) in [7, 11) is 0. The van der Waals surface area contributed by atoms with E-state index in [4.69, 9.17) is 16.3 Å². The number of halogens is 1. The zero-order chi connectivity index (χ0) is 21.8. The molecule has 0 bridgehead atoms. The summed E-state index contributed by atoms with van der Waals surface area (Å²) in [6, 6.07) is 19.2. The maximum atomic E-state index is 12.6. The van der Waals surface area contributed by atoms with Crippen LogP contribution in [0.3, 0.4) is 0 Å². The lowest BCUT2D eigenvalue weighted by Gasteiger charge is -2.05. The number of benzene rings is 3. The molecule has 7 heteroatoms. The van der Waals surface area contributed by atoms with Crippen LogP contribution in [0.1, 0.15) is 12.5 Å². The third-order valence-corrected chi connectivity index (χ3v) is 6.15. The molecule has 156 valence electrons. The Morgan fingerprint density at radius 1 is 1.10 bits per heavy atom. The van der Waals surface area contributed by atoms with Crippen LogP contribution in [0.5, 0.6) is 0 Å². The average molecular weight is 451 g/mol. The molecular weight excluding hydrogens is 432 g/mol. The second-order valence-corrected chi connectivity index (χ2v) is 8.10. The first-order valence-electron chi connectivity index (χ1n) is 9.75. The van der Waals surface area contributed by atoms with Gasteiger partial charge in [0, 0.05) is 16.5 Å². The van der Waals surface area contributed by atoms with Crippen molar-refractivity contribution in [2.24, 2.45) is 4.99 Å². The minimum absolute atomic E-state index is 0.0213. The number of fused-ring (bicyclic) bond motifs is 3. The van der Waals surface area contributed by atoms with E-state index in [1.54, 1.807) is 23.6 Å².